The maximum Gasteiger partial charge on any atom is 1.00 e. The summed E-state index contributed by atoms with van der Waals surface area (Å²) < 4.78 is 0. The zero-order chi connectivity index (χ0) is 25.6. The second kappa shape index (κ2) is 23.4. The third-order valence-corrected chi connectivity index (χ3v) is 5.21. The fraction of sp³-hybridized carbons (Fsp3) is 0.400. The topological polar surface area (TPSA) is 136 Å². The summed E-state index contributed by atoms with van der Waals surface area (Å²) in [6.45, 7) is 6.21. The number of carbonyl (C=O) groups excluding carboxylic acids is 1. The Morgan fingerprint density at radius 2 is 1.53 bits per heavy atom. The van der Waals surface area contributed by atoms with E-state index in [1.807, 2.05) is 36.4 Å². The second-order valence-electron chi connectivity index (χ2n) is 7.51. The van der Waals surface area contributed by atoms with Crippen LogP contribution in [-0.4, -0.2) is 62.7 Å². The van der Waals surface area contributed by atoms with Crippen molar-refractivity contribution in [1.82, 2.24) is 20.9 Å². The minimum atomic E-state index is -0.181. The van der Waals surface area contributed by atoms with Crippen molar-refractivity contribution in [2.24, 2.45) is 0 Å². The van der Waals surface area contributed by atoms with Crippen LogP contribution in [0.1, 0.15) is 11.1 Å². The summed E-state index contributed by atoms with van der Waals surface area (Å²) in [5.74, 6) is 0.612. The Hall–Kier alpha value is -2.02. The van der Waals surface area contributed by atoms with Gasteiger partial charge in [0.2, 0.25) is 0 Å². The van der Waals surface area contributed by atoms with Crippen LogP contribution < -0.4 is 50.8 Å². The van der Waals surface area contributed by atoms with Crippen LogP contribution in [0.25, 0.3) is 0 Å². The molecule has 0 saturated carbocycles. The maximum atomic E-state index is 8.84. The van der Waals surface area contributed by atoms with Gasteiger partial charge in [-0.3, -0.25) is 20.3 Å². The number of hydrogen-bond donors (Lipinski definition) is 3. The molecule has 0 spiro atoms. The molecule has 188 valence electrons. The predicted octanol–water partition coefficient (Wildman–Crippen LogP) is -2.08. The number of nitrogens with zero attached hydrogens (tertiary/aromatic N) is 3. The van der Waals surface area contributed by atoms with E-state index < -0.39 is 0 Å². The molecule has 2 fully saturated rings. The first-order valence-corrected chi connectivity index (χ1v) is 11.7. The average molecular weight is 523 g/mol. The van der Waals surface area contributed by atoms with Crippen LogP contribution in [-0.2, 0) is 22.1 Å². The zero-order valence-electron chi connectivity index (χ0n) is 20.6. The van der Waals surface area contributed by atoms with Gasteiger partial charge in [-0.05, 0) is 11.1 Å². The molecule has 0 radical (unpaired) electrons. The van der Waals surface area contributed by atoms with Crippen molar-refractivity contribution in [1.29, 1.82) is 10.5 Å². The van der Waals surface area contributed by atoms with Crippen molar-refractivity contribution in [3.05, 3.63) is 71.8 Å². The summed E-state index contributed by atoms with van der Waals surface area (Å²) in [4.78, 5) is 13.6. The number of alkyl halides is 1. The summed E-state index contributed by atoms with van der Waals surface area (Å²) in [7, 11) is 0. The van der Waals surface area contributed by atoms with Crippen LogP contribution in [0.2, 0.25) is 0 Å². The molecule has 0 bridgehead atoms. The van der Waals surface area contributed by atoms with Gasteiger partial charge in [-0.1, -0.05) is 60.7 Å². The van der Waals surface area contributed by atoms with Gasteiger partial charge < -0.3 is 15.5 Å². The van der Waals surface area contributed by atoms with E-state index in [1.165, 1.54) is 11.1 Å². The van der Waals surface area contributed by atoms with Gasteiger partial charge in [0.15, 0.2) is 0 Å². The molecule has 2 saturated heterocycles. The van der Waals surface area contributed by atoms with Crippen LogP contribution in [0.4, 0.5) is 0 Å². The fourth-order valence-electron chi connectivity index (χ4n) is 3.19. The molecule has 2 aliphatic heterocycles. The third-order valence-electron chi connectivity index (χ3n) is 4.90. The van der Waals surface area contributed by atoms with Crippen molar-refractivity contribution >= 4 is 18.1 Å². The monoisotopic (exact) mass is 522 g/mol. The van der Waals surface area contributed by atoms with Crippen LogP contribution in [0.3, 0.4) is 0 Å². The Labute approximate surface area is 240 Å². The molecule has 2 heterocycles. The van der Waals surface area contributed by atoms with Crippen molar-refractivity contribution in [2.45, 2.75) is 24.5 Å². The van der Waals surface area contributed by atoms with Gasteiger partial charge in [0.25, 0.3) is 6.47 Å². The van der Waals surface area contributed by atoms with E-state index in [2.05, 4.69) is 62.1 Å². The van der Waals surface area contributed by atoms with E-state index in [4.69, 9.17) is 32.2 Å². The van der Waals surface area contributed by atoms with E-state index in [0.717, 1.165) is 45.8 Å². The van der Waals surface area contributed by atoms with Gasteiger partial charge in [-0.15, -0.1) is 11.6 Å². The van der Waals surface area contributed by atoms with Gasteiger partial charge in [0.1, 0.15) is 12.1 Å². The maximum absolute atomic E-state index is 8.84. The molecule has 36 heavy (non-hydrogen) atoms. The standard InChI is InChI=1S/C12H15N3.C7H7Cl.C5H9N3.CH2O3.Na/c13-8-12-10-15(7-6-14-12)9-11-4-2-1-3-5-11;8-6-7-4-2-1-3-5-7;6-3-5-4-7-1-2-8-5;2-1-4-3;/h1-5,12,14H,6-7,9-10H2;1-5H,6H2;5,7-8H,1-2,4H2;1,3H;/q;;;;+1/p-1. The number of benzene rings is 2. The van der Waals surface area contributed by atoms with E-state index in [9.17, 15) is 0 Å². The summed E-state index contributed by atoms with van der Waals surface area (Å²) in [6, 6.07) is 24.8. The predicted molar refractivity (Wildman–Crippen MR) is 133 cm³/mol. The molecule has 2 unspecified atom stereocenters. The Balaban J connectivity index is 0.000000499. The van der Waals surface area contributed by atoms with Crippen molar-refractivity contribution < 1.29 is 44.5 Å². The number of halogens is 1. The SMILES string of the molecule is ClCc1ccccc1.N#CC1CN(Cc2ccccc2)CCN1.N#CC1CNCCN1.O=CO[O-].[Na+]. The molecule has 0 aliphatic carbocycles. The van der Waals surface area contributed by atoms with Gasteiger partial charge in [-0.2, -0.15) is 10.5 Å². The summed E-state index contributed by atoms with van der Waals surface area (Å²) in [6.07, 6.45) is 0. The van der Waals surface area contributed by atoms with E-state index in [-0.39, 0.29) is 48.1 Å². The smallest absolute Gasteiger partial charge is 0.662 e. The largest absolute Gasteiger partial charge is 1.00 e. The van der Waals surface area contributed by atoms with Gasteiger partial charge >= 0.3 is 29.6 Å². The molecule has 2 aromatic carbocycles. The first-order chi connectivity index (χ1) is 17.2. The number of carbonyl (C=O) groups is 1. The third kappa shape index (κ3) is 16.6. The Morgan fingerprint density at radius 1 is 0.972 bits per heavy atom. The summed E-state index contributed by atoms with van der Waals surface area (Å²) in [5, 5.41) is 34.9. The molecule has 4 rings (SSSR count). The van der Waals surface area contributed by atoms with Gasteiger partial charge in [0, 0.05) is 51.7 Å². The van der Waals surface area contributed by atoms with Gasteiger partial charge in [-0.25, -0.2) is 0 Å². The number of nitriles is 2. The fourth-order valence-corrected chi connectivity index (χ4v) is 3.37. The van der Waals surface area contributed by atoms with E-state index >= 15 is 0 Å². The average Bonchev–Trinajstić information content (AvgIpc) is 2.95. The van der Waals surface area contributed by atoms with Gasteiger partial charge in [0.05, 0.1) is 12.1 Å². The van der Waals surface area contributed by atoms with E-state index in [0.29, 0.717) is 5.88 Å². The minimum Gasteiger partial charge on any atom is -0.662 e. The molecule has 3 N–H and O–H groups in total. The molecule has 0 aromatic heterocycles. The van der Waals surface area contributed by atoms with Crippen LogP contribution in [0.5, 0.6) is 0 Å². The van der Waals surface area contributed by atoms with Crippen molar-refractivity contribution in [3.63, 3.8) is 0 Å². The molecule has 0 amide bonds. The van der Waals surface area contributed by atoms with Crippen LogP contribution >= 0.6 is 11.6 Å². The number of nitrogens with one attached hydrogen (secondary N) is 3. The van der Waals surface area contributed by atoms with Crippen LogP contribution in [0, 0.1) is 22.7 Å². The summed E-state index contributed by atoms with van der Waals surface area (Å²) in [5.41, 5.74) is 2.49. The van der Waals surface area contributed by atoms with Crippen LogP contribution in [0.15, 0.2) is 60.7 Å². The van der Waals surface area contributed by atoms with E-state index in [1.54, 1.807) is 0 Å². The molecular formula is C25H32ClN6NaO3. The molecule has 11 heteroatoms. The quantitative estimate of drug-likeness (QED) is 0.136. The molecule has 9 nitrogen and oxygen atoms in total. The Morgan fingerprint density at radius 3 is 1.94 bits per heavy atom. The number of hydrogen-bond acceptors (Lipinski definition) is 9. The summed E-state index contributed by atoms with van der Waals surface area (Å²) >= 11 is 5.53. The number of rotatable bonds is 4. The normalized spacial score (nSPS) is 18.3. The molecule has 2 atom stereocenters. The number of piperazine rings is 2. The zero-order valence-corrected chi connectivity index (χ0v) is 23.4. The Kier molecular flexibility index (Phi) is 22.1. The first kappa shape index (κ1) is 34.0. The molecule has 2 aromatic rings. The minimum absolute atomic E-state index is 0. The van der Waals surface area contributed by atoms with Crippen molar-refractivity contribution in [2.75, 3.05) is 39.3 Å². The first-order valence-electron chi connectivity index (χ1n) is 11.2. The second-order valence-corrected chi connectivity index (χ2v) is 7.78. The molecule has 2 aliphatic rings. The van der Waals surface area contributed by atoms with Crippen molar-refractivity contribution in [3.8, 4) is 12.1 Å². The molecular weight excluding hydrogens is 491 g/mol. The Bertz CT molecular complexity index is 877.